The Morgan fingerprint density at radius 3 is 2.35 bits per heavy atom. The number of benzene rings is 2. The second-order valence-corrected chi connectivity index (χ2v) is 7.40. The fourth-order valence-electron chi connectivity index (χ4n) is 3.27. The van der Waals surface area contributed by atoms with E-state index in [0.717, 1.165) is 43.0 Å². The molecule has 0 radical (unpaired) electrons. The van der Waals surface area contributed by atoms with Crippen LogP contribution in [0.4, 0.5) is 4.39 Å². The van der Waals surface area contributed by atoms with Crippen LogP contribution in [0, 0.1) is 5.82 Å². The van der Waals surface area contributed by atoms with Crippen molar-refractivity contribution >= 4 is 12.0 Å². The van der Waals surface area contributed by atoms with Gasteiger partial charge in [-0.2, -0.15) is 0 Å². The molecule has 31 heavy (non-hydrogen) atoms. The van der Waals surface area contributed by atoms with E-state index in [-0.39, 0.29) is 11.7 Å². The molecule has 0 fully saturated rings. The van der Waals surface area contributed by atoms with Gasteiger partial charge >= 0.3 is 0 Å². The number of carbonyl (C=O) groups is 1. The smallest absolute Gasteiger partial charge is 0.246 e. The lowest BCUT2D eigenvalue weighted by Crippen LogP contribution is -2.32. The van der Waals surface area contributed by atoms with Crippen molar-refractivity contribution in [1.82, 2.24) is 9.80 Å². The summed E-state index contributed by atoms with van der Waals surface area (Å²) in [7, 11) is 5.37. The predicted molar refractivity (Wildman–Crippen MR) is 123 cm³/mol. The third-order valence-electron chi connectivity index (χ3n) is 5.18. The highest BCUT2D eigenvalue weighted by Gasteiger charge is 2.09. The summed E-state index contributed by atoms with van der Waals surface area (Å²) < 4.78 is 23.6. The number of nitrogens with zero attached hydrogens (tertiary/aromatic N) is 2. The number of methoxy groups -OCH3 is 2. The van der Waals surface area contributed by atoms with Crippen LogP contribution in [0.1, 0.15) is 24.5 Å². The average Bonchev–Trinajstić information content (AvgIpc) is 2.79. The molecule has 0 aromatic heterocycles. The fourth-order valence-corrected chi connectivity index (χ4v) is 3.27. The number of ether oxygens (including phenoxy) is 2. The molecule has 5 nitrogen and oxygen atoms in total. The van der Waals surface area contributed by atoms with Gasteiger partial charge in [-0.15, -0.1) is 0 Å². The molecule has 0 unspecified atom stereocenters. The SMILES string of the molecule is CCN(CCCN(C)CCc1ccc(OC)c(OC)c1)C(=O)C=Cc1ccc(F)cc1. The number of hydrogen-bond acceptors (Lipinski definition) is 4. The molecule has 6 heteroatoms. The molecule has 0 aliphatic rings. The molecule has 2 aromatic carbocycles. The van der Waals surface area contributed by atoms with Crippen LogP contribution in [0.5, 0.6) is 11.5 Å². The first-order valence-electron chi connectivity index (χ1n) is 10.6. The van der Waals surface area contributed by atoms with E-state index >= 15 is 0 Å². The van der Waals surface area contributed by atoms with E-state index in [9.17, 15) is 9.18 Å². The molecule has 0 bridgehead atoms. The van der Waals surface area contributed by atoms with Gasteiger partial charge < -0.3 is 19.3 Å². The number of likely N-dealkylation sites (N-methyl/N-ethyl adjacent to an activating group) is 2. The third kappa shape index (κ3) is 8.06. The zero-order chi connectivity index (χ0) is 22.6. The second-order valence-electron chi connectivity index (χ2n) is 7.40. The molecule has 1 amide bonds. The van der Waals surface area contributed by atoms with E-state index in [1.54, 1.807) is 38.5 Å². The van der Waals surface area contributed by atoms with Gasteiger partial charge in [-0.25, -0.2) is 4.39 Å². The monoisotopic (exact) mass is 428 g/mol. The Bertz CT molecular complexity index is 852. The van der Waals surface area contributed by atoms with Crippen LogP contribution >= 0.6 is 0 Å². The van der Waals surface area contributed by atoms with E-state index in [2.05, 4.69) is 18.0 Å². The van der Waals surface area contributed by atoms with Gasteiger partial charge in [-0.3, -0.25) is 4.79 Å². The maximum atomic E-state index is 13.0. The Labute approximate surface area is 185 Å². The van der Waals surface area contributed by atoms with Crippen molar-refractivity contribution in [1.29, 1.82) is 0 Å². The summed E-state index contributed by atoms with van der Waals surface area (Å²) >= 11 is 0. The van der Waals surface area contributed by atoms with Crippen LogP contribution in [0.2, 0.25) is 0 Å². The normalized spacial score (nSPS) is 11.2. The van der Waals surface area contributed by atoms with E-state index in [0.29, 0.717) is 13.1 Å². The molecule has 0 spiro atoms. The molecule has 0 N–H and O–H groups in total. The van der Waals surface area contributed by atoms with Crippen LogP contribution in [0.25, 0.3) is 6.08 Å². The minimum Gasteiger partial charge on any atom is -0.493 e. The summed E-state index contributed by atoms with van der Waals surface area (Å²) in [6.45, 7) is 5.15. The van der Waals surface area contributed by atoms with Crippen molar-refractivity contribution in [3.63, 3.8) is 0 Å². The van der Waals surface area contributed by atoms with E-state index < -0.39 is 0 Å². The molecule has 0 heterocycles. The van der Waals surface area contributed by atoms with Crippen LogP contribution in [0.3, 0.4) is 0 Å². The minimum atomic E-state index is -0.283. The van der Waals surface area contributed by atoms with Gasteiger partial charge in [0.2, 0.25) is 5.91 Å². The highest BCUT2D eigenvalue weighted by Crippen LogP contribution is 2.27. The molecular weight excluding hydrogens is 395 g/mol. The standard InChI is InChI=1S/C25H33FN2O3/c1-5-28(25(29)14-10-20-7-11-22(26)12-8-20)17-6-16-27(2)18-15-21-9-13-23(30-3)24(19-21)31-4/h7-14,19H,5-6,15-18H2,1-4H3. The van der Waals surface area contributed by atoms with Crippen molar-refractivity contribution < 1.29 is 18.7 Å². The summed E-state index contributed by atoms with van der Waals surface area (Å²) in [5, 5.41) is 0. The lowest BCUT2D eigenvalue weighted by molar-refractivity contribution is -0.125. The molecule has 0 aliphatic carbocycles. The van der Waals surface area contributed by atoms with Crippen LogP contribution in [-0.2, 0) is 11.2 Å². The van der Waals surface area contributed by atoms with Gasteiger partial charge in [0, 0.05) is 25.7 Å². The van der Waals surface area contributed by atoms with Crippen LogP contribution in [-0.4, -0.2) is 63.2 Å². The Morgan fingerprint density at radius 1 is 1.00 bits per heavy atom. The summed E-state index contributed by atoms with van der Waals surface area (Å²) in [6.07, 6.45) is 5.08. The van der Waals surface area contributed by atoms with Crippen molar-refractivity contribution in [3.8, 4) is 11.5 Å². The fraction of sp³-hybridized carbons (Fsp3) is 0.400. The molecular formula is C25H33FN2O3. The van der Waals surface area contributed by atoms with Crippen LogP contribution in [0.15, 0.2) is 48.5 Å². The zero-order valence-corrected chi connectivity index (χ0v) is 18.9. The quantitative estimate of drug-likeness (QED) is 0.474. The van der Waals surface area contributed by atoms with E-state index in [1.165, 1.54) is 17.7 Å². The number of hydrogen-bond donors (Lipinski definition) is 0. The highest BCUT2D eigenvalue weighted by atomic mass is 19.1. The van der Waals surface area contributed by atoms with E-state index in [4.69, 9.17) is 9.47 Å². The minimum absolute atomic E-state index is 0.0280. The molecule has 2 rings (SSSR count). The first kappa shape index (κ1) is 24.4. The maximum Gasteiger partial charge on any atom is 0.246 e. The topological polar surface area (TPSA) is 42.0 Å². The Morgan fingerprint density at radius 2 is 1.71 bits per heavy atom. The molecule has 0 atom stereocenters. The molecule has 2 aromatic rings. The van der Waals surface area contributed by atoms with Crippen molar-refractivity contribution in [3.05, 3.63) is 65.5 Å². The van der Waals surface area contributed by atoms with Gasteiger partial charge in [0.15, 0.2) is 11.5 Å². The van der Waals surface area contributed by atoms with E-state index in [1.807, 2.05) is 24.0 Å². The molecule has 0 saturated heterocycles. The Balaban J connectivity index is 1.76. The zero-order valence-electron chi connectivity index (χ0n) is 18.9. The molecule has 0 saturated carbocycles. The van der Waals surface area contributed by atoms with Crippen molar-refractivity contribution in [2.45, 2.75) is 19.8 Å². The second kappa shape index (κ2) is 12.7. The maximum absolute atomic E-state index is 13.0. The summed E-state index contributed by atoms with van der Waals surface area (Å²) in [4.78, 5) is 16.5. The van der Waals surface area contributed by atoms with Gasteiger partial charge in [0.05, 0.1) is 14.2 Å². The van der Waals surface area contributed by atoms with Gasteiger partial charge in [-0.1, -0.05) is 18.2 Å². The Kier molecular flexibility index (Phi) is 10.0. The number of carbonyl (C=O) groups excluding carboxylic acids is 1. The first-order chi connectivity index (χ1) is 15.0. The molecule has 0 aliphatic heterocycles. The van der Waals surface area contributed by atoms with Gasteiger partial charge in [0.25, 0.3) is 0 Å². The van der Waals surface area contributed by atoms with Crippen molar-refractivity contribution in [2.75, 3.05) is 47.4 Å². The molecule has 168 valence electrons. The van der Waals surface area contributed by atoms with Crippen LogP contribution < -0.4 is 9.47 Å². The summed E-state index contributed by atoms with van der Waals surface area (Å²) in [5.41, 5.74) is 2.00. The predicted octanol–water partition coefficient (Wildman–Crippen LogP) is 4.27. The van der Waals surface area contributed by atoms with Crippen molar-refractivity contribution in [2.24, 2.45) is 0 Å². The average molecular weight is 429 g/mol. The lowest BCUT2D eigenvalue weighted by atomic mass is 10.1. The largest absolute Gasteiger partial charge is 0.493 e. The number of amides is 1. The third-order valence-corrected chi connectivity index (χ3v) is 5.18. The number of halogens is 1. The van der Waals surface area contributed by atoms with Gasteiger partial charge in [-0.05, 0) is 74.8 Å². The first-order valence-corrected chi connectivity index (χ1v) is 10.6. The highest BCUT2D eigenvalue weighted by molar-refractivity contribution is 5.91. The summed E-state index contributed by atoms with van der Waals surface area (Å²) in [6, 6.07) is 12.1. The summed E-state index contributed by atoms with van der Waals surface area (Å²) in [5.74, 6) is 1.17. The lowest BCUT2D eigenvalue weighted by Gasteiger charge is -2.22. The Hall–Kier alpha value is -2.86. The van der Waals surface area contributed by atoms with Gasteiger partial charge in [0.1, 0.15) is 5.82 Å². The number of rotatable bonds is 12.